The third-order valence-electron chi connectivity index (χ3n) is 9.22. The van der Waals surface area contributed by atoms with E-state index in [1.165, 1.54) is 24.6 Å². The van der Waals surface area contributed by atoms with Gasteiger partial charge in [0.05, 0.1) is 43.1 Å². The number of fused-ring (bicyclic) bond motifs is 3. The summed E-state index contributed by atoms with van der Waals surface area (Å²) in [7, 11) is 0. The topological polar surface area (TPSA) is 117 Å². The maximum Gasteiger partial charge on any atom is 0.175 e. The number of aliphatic hydroxyl groups is 1. The molecule has 0 amide bonds. The molecule has 0 radical (unpaired) electrons. The zero-order valence-electron chi connectivity index (χ0n) is 23.1. The van der Waals surface area contributed by atoms with E-state index < -0.39 is 0 Å². The highest BCUT2D eigenvalue weighted by molar-refractivity contribution is 7.99. The molecular weight excluding hydrogens is 528 g/mol. The van der Waals surface area contributed by atoms with E-state index in [2.05, 4.69) is 9.80 Å². The number of ether oxygens (including phenoxy) is 3. The lowest BCUT2D eigenvalue weighted by molar-refractivity contribution is 0.0956. The number of pyridine rings is 1. The Balaban J connectivity index is 1.03. The Labute approximate surface area is 239 Å². The van der Waals surface area contributed by atoms with Gasteiger partial charge < -0.3 is 34.5 Å². The number of piperidine rings is 1. The number of anilines is 2. The van der Waals surface area contributed by atoms with Crippen molar-refractivity contribution in [2.75, 3.05) is 55.9 Å². The van der Waals surface area contributed by atoms with E-state index in [-0.39, 0.29) is 18.1 Å². The monoisotopic (exact) mass is 566 g/mol. The van der Waals surface area contributed by atoms with Gasteiger partial charge in [-0.3, -0.25) is 0 Å². The van der Waals surface area contributed by atoms with Crippen molar-refractivity contribution in [3.05, 3.63) is 24.2 Å². The average molecular weight is 567 g/mol. The Bertz CT molecular complexity index is 1270. The third-order valence-corrected chi connectivity index (χ3v) is 10.2. The van der Waals surface area contributed by atoms with Gasteiger partial charge in [-0.05, 0) is 51.0 Å². The van der Waals surface area contributed by atoms with Gasteiger partial charge in [-0.2, -0.15) is 0 Å². The Morgan fingerprint density at radius 3 is 2.75 bits per heavy atom. The fraction of sp³-hybridized carbons (Fsp3) is 0.655. The lowest BCUT2D eigenvalue weighted by atomic mass is 9.75. The van der Waals surface area contributed by atoms with Crippen LogP contribution in [0.4, 0.5) is 11.6 Å². The highest BCUT2D eigenvalue weighted by Gasteiger charge is 2.46. The van der Waals surface area contributed by atoms with E-state index in [0.29, 0.717) is 41.6 Å². The predicted octanol–water partition coefficient (Wildman–Crippen LogP) is 3.55. The molecule has 6 heterocycles. The molecule has 40 heavy (non-hydrogen) atoms. The van der Waals surface area contributed by atoms with E-state index >= 15 is 0 Å². The first kappa shape index (κ1) is 26.4. The molecule has 5 aliphatic rings. The van der Waals surface area contributed by atoms with Crippen molar-refractivity contribution in [2.24, 2.45) is 17.3 Å². The van der Waals surface area contributed by atoms with Crippen molar-refractivity contribution in [3.8, 4) is 5.75 Å². The van der Waals surface area contributed by atoms with E-state index in [1.54, 1.807) is 6.20 Å². The molecule has 0 aromatic carbocycles. The van der Waals surface area contributed by atoms with Gasteiger partial charge in [0.15, 0.2) is 17.4 Å². The Kier molecular flexibility index (Phi) is 7.10. The van der Waals surface area contributed by atoms with Crippen molar-refractivity contribution in [3.63, 3.8) is 0 Å². The van der Waals surface area contributed by atoms with E-state index in [9.17, 15) is 5.11 Å². The smallest absolute Gasteiger partial charge is 0.175 e. The standard InChI is InChI=1S/C29H38N6O4S/c1-18-26(30)29(17-39-18)5-8-34(9-6-29)27-22(13-36)33-24(11-32-27)40-23-4-7-31-28-25(23)38-16-21-10-20(12-35(21)28)15-37-14-19-2-3-19/h4,7,11,18-21,30,36H,2-3,5-6,8-10,12-17H2,1H3/t18-,20-,21-/m0/s1. The minimum atomic E-state index is -0.182. The second-order valence-corrected chi connectivity index (χ2v) is 13.1. The van der Waals surface area contributed by atoms with Gasteiger partial charge in [0.25, 0.3) is 0 Å². The van der Waals surface area contributed by atoms with Crippen molar-refractivity contribution in [2.45, 2.75) is 67.7 Å². The van der Waals surface area contributed by atoms with Crippen LogP contribution in [0.3, 0.4) is 0 Å². The normalized spacial score (nSPS) is 27.1. The first-order valence-electron chi connectivity index (χ1n) is 14.6. The fourth-order valence-corrected chi connectivity index (χ4v) is 7.49. The fourth-order valence-electron chi connectivity index (χ4n) is 6.63. The van der Waals surface area contributed by atoms with Gasteiger partial charge in [-0.15, -0.1) is 0 Å². The Morgan fingerprint density at radius 2 is 2.00 bits per heavy atom. The summed E-state index contributed by atoms with van der Waals surface area (Å²) >= 11 is 1.50. The molecule has 10 nitrogen and oxygen atoms in total. The predicted molar refractivity (Wildman–Crippen MR) is 152 cm³/mol. The van der Waals surface area contributed by atoms with Crippen LogP contribution in [0.1, 0.15) is 44.7 Å². The molecule has 3 atom stereocenters. The van der Waals surface area contributed by atoms with Crippen LogP contribution in [0, 0.1) is 22.7 Å². The molecule has 214 valence electrons. The molecule has 3 saturated heterocycles. The lowest BCUT2D eigenvalue weighted by Crippen LogP contribution is -2.45. The molecule has 4 fully saturated rings. The summed E-state index contributed by atoms with van der Waals surface area (Å²) in [4.78, 5) is 19.8. The largest absolute Gasteiger partial charge is 0.486 e. The number of hydrogen-bond donors (Lipinski definition) is 2. The highest BCUT2D eigenvalue weighted by Crippen LogP contribution is 2.45. The van der Waals surface area contributed by atoms with Crippen LogP contribution in [0.15, 0.2) is 28.4 Å². The van der Waals surface area contributed by atoms with E-state index in [1.807, 2.05) is 19.2 Å². The summed E-state index contributed by atoms with van der Waals surface area (Å²) in [5.41, 5.74) is 1.13. The molecule has 1 saturated carbocycles. The van der Waals surface area contributed by atoms with Crippen LogP contribution in [-0.4, -0.2) is 84.0 Å². The molecule has 7 rings (SSSR count). The molecule has 2 aromatic heterocycles. The molecule has 1 aliphatic carbocycles. The Hall–Kier alpha value is -2.47. The molecule has 2 N–H and O–H groups in total. The van der Waals surface area contributed by atoms with Crippen LogP contribution in [0.2, 0.25) is 0 Å². The van der Waals surface area contributed by atoms with Gasteiger partial charge >= 0.3 is 0 Å². The van der Waals surface area contributed by atoms with Gasteiger partial charge in [-0.1, -0.05) is 11.8 Å². The summed E-state index contributed by atoms with van der Waals surface area (Å²) in [5, 5.41) is 19.4. The van der Waals surface area contributed by atoms with Crippen LogP contribution in [0.5, 0.6) is 5.75 Å². The quantitative estimate of drug-likeness (QED) is 0.491. The SMILES string of the molecule is C[C@@H]1OCC2(CCN(c3ncc(Sc4ccnc5c4OC[C@@H]4C[C@H](COCC6CC6)CN54)nc3CO)CC2)C1=N. The molecule has 0 bridgehead atoms. The van der Waals surface area contributed by atoms with Crippen molar-refractivity contribution in [1.29, 1.82) is 5.41 Å². The van der Waals surface area contributed by atoms with Crippen LogP contribution in [-0.2, 0) is 16.1 Å². The summed E-state index contributed by atoms with van der Waals surface area (Å²) in [5.74, 6) is 3.72. The number of hydrogen-bond acceptors (Lipinski definition) is 11. The molecular formula is C29H38N6O4S. The minimum absolute atomic E-state index is 0.0951. The van der Waals surface area contributed by atoms with Gasteiger partial charge in [0.2, 0.25) is 0 Å². The maximum atomic E-state index is 10.2. The van der Waals surface area contributed by atoms with Crippen molar-refractivity contribution in [1.82, 2.24) is 15.0 Å². The zero-order valence-corrected chi connectivity index (χ0v) is 23.9. The van der Waals surface area contributed by atoms with Crippen molar-refractivity contribution >= 4 is 29.1 Å². The number of aromatic nitrogens is 3. The minimum Gasteiger partial charge on any atom is -0.486 e. The summed E-state index contributed by atoms with van der Waals surface area (Å²) in [6.07, 6.45) is 8.94. The molecule has 1 spiro atoms. The number of aliphatic hydroxyl groups excluding tert-OH is 1. The first-order chi connectivity index (χ1) is 19.5. The molecule has 4 aliphatic heterocycles. The van der Waals surface area contributed by atoms with E-state index in [4.69, 9.17) is 34.6 Å². The number of nitrogens with zero attached hydrogens (tertiary/aromatic N) is 5. The second kappa shape index (κ2) is 10.7. The van der Waals surface area contributed by atoms with Gasteiger partial charge in [-0.25, -0.2) is 15.0 Å². The van der Waals surface area contributed by atoms with Crippen molar-refractivity contribution < 1.29 is 19.3 Å². The van der Waals surface area contributed by atoms with E-state index in [0.717, 1.165) is 80.3 Å². The second-order valence-electron chi connectivity index (χ2n) is 12.0. The van der Waals surface area contributed by atoms with Gasteiger partial charge in [0, 0.05) is 49.5 Å². The molecule has 11 heteroatoms. The van der Waals surface area contributed by atoms with Gasteiger partial charge in [0.1, 0.15) is 17.3 Å². The highest BCUT2D eigenvalue weighted by atomic mass is 32.2. The average Bonchev–Trinajstić information content (AvgIpc) is 3.65. The summed E-state index contributed by atoms with van der Waals surface area (Å²) in [6.45, 7) is 7.25. The Morgan fingerprint density at radius 1 is 1.18 bits per heavy atom. The molecule has 2 aromatic rings. The summed E-state index contributed by atoms with van der Waals surface area (Å²) in [6, 6.07) is 2.30. The number of rotatable bonds is 8. The van der Waals surface area contributed by atoms with Crippen LogP contribution < -0.4 is 14.5 Å². The van der Waals surface area contributed by atoms with Crippen LogP contribution in [0.25, 0.3) is 0 Å². The third kappa shape index (κ3) is 4.95. The maximum absolute atomic E-state index is 10.2. The lowest BCUT2D eigenvalue weighted by Gasteiger charge is -2.39. The molecule has 0 unspecified atom stereocenters. The zero-order chi connectivity index (χ0) is 27.3. The summed E-state index contributed by atoms with van der Waals surface area (Å²) < 4.78 is 18.1. The van der Waals surface area contributed by atoms with Crippen LogP contribution >= 0.6 is 11.8 Å². The number of nitrogens with one attached hydrogen (secondary N) is 1. The first-order valence-corrected chi connectivity index (χ1v) is 15.4.